The van der Waals surface area contributed by atoms with Gasteiger partial charge in [-0.2, -0.15) is 0 Å². The minimum absolute atomic E-state index is 0.0281. The summed E-state index contributed by atoms with van der Waals surface area (Å²) in [5, 5.41) is 9.50. The van der Waals surface area contributed by atoms with Crippen LogP contribution in [-0.2, 0) is 0 Å². The van der Waals surface area contributed by atoms with E-state index in [4.69, 9.17) is 0 Å². The number of aliphatic hydroxyl groups is 1. The fraction of sp³-hybridized carbons (Fsp3) is 1.00. The number of piperidine rings is 1. The maximum Gasteiger partial charge on any atom is 0.0564 e. The van der Waals surface area contributed by atoms with E-state index >= 15 is 0 Å². The van der Waals surface area contributed by atoms with Crippen LogP contribution in [0.1, 0.15) is 46.0 Å². The van der Waals surface area contributed by atoms with Crippen molar-refractivity contribution in [2.24, 2.45) is 11.8 Å². The van der Waals surface area contributed by atoms with E-state index in [1.807, 2.05) is 0 Å². The summed E-state index contributed by atoms with van der Waals surface area (Å²) in [5.41, 5.74) is 0. The molecule has 1 N–H and O–H groups in total. The Morgan fingerprint density at radius 3 is 2.00 bits per heavy atom. The fourth-order valence-corrected chi connectivity index (χ4v) is 3.45. The van der Waals surface area contributed by atoms with Crippen LogP contribution in [0.5, 0.6) is 0 Å². The van der Waals surface area contributed by atoms with Gasteiger partial charge in [0.05, 0.1) is 6.10 Å². The Morgan fingerprint density at radius 2 is 1.47 bits per heavy atom. The Balaban J connectivity index is 1.87. The first-order chi connectivity index (χ1) is 7.15. The summed E-state index contributed by atoms with van der Waals surface area (Å²) in [4.78, 5) is 2.62. The van der Waals surface area contributed by atoms with Gasteiger partial charge in [-0.25, -0.2) is 0 Å². The molecule has 2 fully saturated rings. The van der Waals surface area contributed by atoms with Gasteiger partial charge in [-0.1, -0.05) is 13.8 Å². The summed E-state index contributed by atoms with van der Waals surface area (Å²) in [6, 6.07) is 0.802. The Hall–Kier alpha value is -0.0800. The van der Waals surface area contributed by atoms with E-state index in [9.17, 15) is 5.11 Å². The first-order valence-electron chi connectivity index (χ1n) is 6.57. The third-order valence-corrected chi connectivity index (χ3v) is 4.17. The van der Waals surface area contributed by atoms with Gasteiger partial charge in [0.15, 0.2) is 0 Å². The number of aliphatic hydroxyl groups excluding tert-OH is 1. The second kappa shape index (κ2) is 4.84. The summed E-state index contributed by atoms with van der Waals surface area (Å²) >= 11 is 0. The van der Waals surface area contributed by atoms with Crippen LogP contribution in [0.2, 0.25) is 0 Å². The van der Waals surface area contributed by atoms with E-state index in [-0.39, 0.29) is 6.10 Å². The van der Waals surface area contributed by atoms with Crippen molar-refractivity contribution in [1.82, 2.24) is 4.90 Å². The van der Waals surface area contributed by atoms with Crippen molar-refractivity contribution >= 4 is 0 Å². The molecule has 88 valence electrons. The third-order valence-electron chi connectivity index (χ3n) is 4.17. The Kier molecular flexibility index (Phi) is 3.68. The van der Waals surface area contributed by atoms with Gasteiger partial charge in [-0.05, 0) is 43.9 Å². The molecule has 0 bridgehead atoms. The zero-order valence-electron chi connectivity index (χ0n) is 10.2. The second-order valence-electron chi connectivity index (χ2n) is 5.84. The molecule has 1 saturated carbocycles. The SMILES string of the molecule is CC1CC(C)CC(N2CCC(O)CC2)C1. The zero-order chi connectivity index (χ0) is 10.8. The molecular formula is C13H25NO. The van der Waals surface area contributed by atoms with E-state index < -0.39 is 0 Å². The molecule has 1 saturated heterocycles. The number of hydrogen-bond donors (Lipinski definition) is 1. The largest absolute Gasteiger partial charge is 0.393 e. The predicted molar refractivity (Wildman–Crippen MR) is 62.8 cm³/mol. The lowest BCUT2D eigenvalue weighted by Crippen LogP contribution is -2.45. The lowest BCUT2D eigenvalue weighted by atomic mass is 9.79. The topological polar surface area (TPSA) is 23.5 Å². The van der Waals surface area contributed by atoms with Gasteiger partial charge >= 0.3 is 0 Å². The molecule has 0 amide bonds. The Labute approximate surface area is 93.7 Å². The monoisotopic (exact) mass is 211 g/mol. The summed E-state index contributed by atoms with van der Waals surface area (Å²) in [5.74, 6) is 1.79. The minimum Gasteiger partial charge on any atom is -0.393 e. The lowest BCUT2D eigenvalue weighted by molar-refractivity contribution is 0.0359. The molecule has 2 rings (SSSR count). The quantitative estimate of drug-likeness (QED) is 0.719. The van der Waals surface area contributed by atoms with Crippen LogP contribution in [0.15, 0.2) is 0 Å². The molecule has 0 aromatic heterocycles. The summed E-state index contributed by atoms with van der Waals surface area (Å²) < 4.78 is 0. The van der Waals surface area contributed by atoms with E-state index in [0.29, 0.717) is 0 Å². The molecule has 0 aromatic rings. The summed E-state index contributed by atoms with van der Waals surface area (Å²) in [7, 11) is 0. The normalized spacial score (nSPS) is 40.6. The maximum atomic E-state index is 9.50. The molecule has 0 spiro atoms. The van der Waals surface area contributed by atoms with Crippen LogP contribution in [0.3, 0.4) is 0 Å². The first-order valence-corrected chi connectivity index (χ1v) is 6.57. The first kappa shape index (κ1) is 11.4. The molecule has 2 nitrogen and oxygen atoms in total. The zero-order valence-corrected chi connectivity index (χ0v) is 10.2. The highest BCUT2D eigenvalue weighted by atomic mass is 16.3. The molecule has 0 aromatic carbocycles. The predicted octanol–water partition coefficient (Wildman–Crippen LogP) is 2.27. The number of nitrogens with zero attached hydrogens (tertiary/aromatic N) is 1. The summed E-state index contributed by atoms with van der Waals surface area (Å²) in [6.07, 6.45) is 6.10. The standard InChI is InChI=1S/C13H25NO/c1-10-7-11(2)9-12(8-10)14-5-3-13(15)4-6-14/h10-13,15H,3-9H2,1-2H3. The van der Waals surface area contributed by atoms with E-state index in [1.165, 1.54) is 19.3 Å². The second-order valence-corrected chi connectivity index (χ2v) is 5.84. The average molecular weight is 211 g/mol. The van der Waals surface area contributed by atoms with Gasteiger partial charge in [0, 0.05) is 19.1 Å². The fourth-order valence-electron chi connectivity index (χ4n) is 3.45. The molecule has 0 radical (unpaired) electrons. The Bertz CT molecular complexity index is 189. The highest BCUT2D eigenvalue weighted by Gasteiger charge is 2.30. The van der Waals surface area contributed by atoms with Crippen molar-refractivity contribution in [3.05, 3.63) is 0 Å². The van der Waals surface area contributed by atoms with Crippen LogP contribution < -0.4 is 0 Å². The molecule has 1 aliphatic heterocycles. The van der Waals surface area contributed by atoms with Gasteiger partial charge in [0.2, 0.25) is 0 Å². The van der Waals surface area contributed by atoms with Crippen molar-refractivity contribution in [1.29, 1.82) is 0 Å². The van der Waals surface area contributed by atoms with Crippen LogP contribution in [0, 0.1) is 11.8 Å². The van der Waals surface area contributed by atoms with Crippen molar-refractivity contribution in [3.8, 4) is 0 Å². The third kappa shape index (κ3) is 2.94. The molecule has 1 heterocycles. The molecule has 2 unspecified atom stereocenters. The van der Waals surface area contributed by atoms with Crippen LogP contribution >= 0.6 is 0 Å². The molecule has 2 atom stereocenters. The Morgan fingerprint density at radius 1 is 0.933 bits per heavy atom. The van der Waals surface area contributed by atoms with E-state index in [1.54, 1.807) is 0 Å². The molecule has 15 heavy (non-hydrogen) atoms. The van der Waals surface area contributed by atoms with Gasteiger partial charge in [-0.15, -0.1) is 0 Å². The van der Waals surface area contributed by atoms with Gasteiger partial charge < -0.3 is 10.0 Å². The van der Waals surface area contributed by atoms with Gasteiger partial charge in [-0.3, -0.25) is 0 Å². The number of hydrogen-bond acceptors (Lipinski definition) is 2. The highest BCUT2D eigenvalue weighted by Crippen LogP contribution is 2.32. The summed E-state index contributed by atoms with van der Waals surface area (Å²) in [6.45, 7) is 7.01. The van der Waals surface area contributed by atoms with Gasteiger partial charge in [0.1, 0.15) is 0 Å². The smallest absolute Gasteiger partial charge is 0.0564 e. The number of rotatable bonds is 1. The lowest BCUT2D eigenvalue weighted by Gasteiger charge is -2.41. The van der Waals surface area contributed by atoms with E-state index in [0.717, 1.165) is 43.8 Å². The van der Waals surface area contributed by atoms with Crippen molar-refractivity contribution in [2.45, 2.75) is 58.1 Å². The molecule has 2 aliphatic rings. The number of likely N-dealkylation sites (tertiary alicyclic amines) is 1. The molecule has 1 aliphatic carbocycles. The van der Waals surface area contributed by atoms with Gasteiger partial charge in [0.25, 0.3) is 0 Å². The minimum atomic E-state index is -0.0281. The van der Waals surface area contributed by atoms with Crippen molar-refractivity contribution in [2.75, 3.05) is 13.1 Å². The maximum absolute atomic E-state index is 9.50. The van der Waals surface area contributed by atoms with Crippen LogP contribution in [-0.4, -0.2) is 35.2 Å². The van der Waals surface area contributed by atoms with Crippen molar-refractivity contribution in [3.63, 3.8) is 0 Å². The average Bonchev–Trinajstić information content (AvgIpc) is 2.17. The highest BCUT2D eigenvalue weighted by molar-refractivity contribution is 4.84. The van der Waals surface area contributed by atoms with Crippen molar-refractivity contribution < 1.29 is 5.11 Å². The molecule has 2 heteroatoms. The molecular weight excluding hydrogens is 186 g/mol. The van der Waals surface area contributed by atoms with E-state index in [2.05, 4.69) is 18.7 Å². The van der Waals surface area contributed by atoms with Crippen LogP contribution in [0.25, 0.3) is 0 Å². The van der Waals surface area contributed by atoms with Crippen LogP contribution in [0.4, 0.5) is 0 Å².